The van der Waals surface area contributed by atoms with Gasteiger partial charge in [-0.25, -0.2) is 0 Å². The van der Waals surface area contributed by atoms with Crippen LogP contribution in [0.4, 0.5) is 5.69 Å². The largest absolute Gasteiger partial charge is 0.371 e. The standard InChI is InChI=1S/C17H28N2/c1-2-12-18-15-16-10-6-7-11-17(16)19-13-8-4-3-5-9-14-19/h6-7,10-11,18H,2-5,8-9,12-15H2,1H3. The molecule has 0 unspecified atom stereocenters. The Labute approximate surface area is 118 Å². The minimum Gasteiger partial charge on any atom is -0.371 e. The van der Waals surface area contributed by atoms with Crippen molar-refractivity contribution in [2.24, 2.45) is 0 Å². The van der Waals surface area contributed by atoms with E-state index in [1.165, 1.54) is 62.9 Å². The van der Waals surface area contributed by atoms with Crippen molar-refractivity contribution < 1.29 is 0 Å². The number of hydrogen-bond acceptors (Lipinski definition) is 2. The van der Waals surface area contributed by atoms with Crippen molar-refractivity contribution in [2.45, 2.75) is 52.0 Å². The molecule has 0 spiro atoms. The summed E-state index contributed by atoms with van der Waals surface area (Å²) in [5.74, 6) is 0. The Morgan fingerprint density at radius 2 is 1.68 bits per heavy atom. The van der Waals surface area contributed by atoms with Gasteiger partial charge >= 0.3 is 0 Å². The highest BCUT2D eigenvalue weighted by Crippen LogP contribution is 2.23. The maximum absolute atomic E-state index is 3.53. The van der Waals surface area contributed by atoms with E-state index in [2.05, 4.69) is 41.4 Å². The number of benzene rings is 1. The Morgan fingerprint density at radius 1 is 1.00 bits per heavy atom. The molecule has 0 radical (unpaired) electrons. The Balaban J connectivity index is 2.03. The molecule has 0 aliphatic carbocycles. The average molecular weight is 260 g/mol. The topological polar surface area (TPSA) is 15.3 Å². The number of nitrogens with one attached hydrogen (secondary N) is 1. The van der Waals surface area contributed by atoms with Crippen molar-refractivity contribution in [1.82, 2.24) is 5.32 Å². The highest BCUT2D eigenvalue weighted by atomic mass is 15.1. The number of nitrogens with zero attached hydrogens (tertiary/aromatic N) is 1. The van der Waals surface area contributed by atoms with Gasteiger partial charge in [0.1, 0.15) is 0 Å². The van der Waals surface area contributed by atoms with E-state index >= 15 is 0 Å². The first-order valence-electron chi connectivity index (χ1n) is 7.95. The van der Waals surface area contributed by atoms with Gasteiger partial charge in [-0.05, 0) is 37.4 Å². The molecule has 0 amide bonds. The number of hydrogen-bond donors (Lipinski definition) is 1. The zero-order valence-electron chi connectivity index (χ0n) is 12.3. The molecule has 1 aliphatic heterocycles. The van der Waals surface area contributed by atoms with Gasteiger partial charge in [0.05, 0.1) is 0 Å². The molecule has 1 N–H and O–H groups in total. The zero-order chi connectivity index (χ0) is 13.3. The first-order valence-corrected chi connectivity index (χ1v) is 7.95. The molecular formula is C17H28N2. The SMILES string of the molecule is CCCNCc1ccccc1N1CCCCCCC1. The molecule has 0 bridgehead atoms. The van der Waals surface area contributed by atoms with Gasteiger partial charge in [-0.3, -0.25) is 0 Å². The van der Waals surface area contributed by atoms with Crippen LogP contribution in [-0.4, -0.2) is 19.6 Å². The lowest BCUT2D eigenvalue weighted by Crippen LogP contribution is -2.28. The molecule has 1 heterocycles. The van der Waals surface area contributed by atoms with E-state index in [0.29, 0.717) is 0 Å². The van der Waals surface area contributed by atoms with Crippen LogP contribution in [-0.2, 0) is 6.54 Å². The van der Waals surface area contributed by atoms with Gasteiger partial charge < -0.3 is 10.2 Å². The number of rotatable bonds is 5. The molecule has 0 atom stereocenters. The average Bonchev–Trinajstić information content (AvgIpc) is 2.40. The third kappa shape index (κ3) is 4.54. The Bertz CT molecular complexity index is 354. The molecule has 0 saturated carbocycles. The van der Waals surface area contributed by atoms with Gasteiger partial charge in [0.25, 0.3) is 0 Å². The quantitative estimate of drug-likeness (QED) is 0.806. The van der Waals surface area contributed by atoms with E-state index in [0.717, 1.165) is 13.1 Å². The molecule has 0 aromatic heterocycles. The summed E-state index contributed by atoms with van der Waals surface area (Å²) in [5.41, 5.74) is 2.91. The molecule has 2 rings (SSSR count). The third-order valence-corrected chi connectivity index (χ3v) is 3.93. The van der Waals surface area contributed by atoms with Gasteiger partial charge in [0, 0.05) is 25.3 Å². The summed E-state index contributed by atoms with van der Waals surface area (Å²) in [7, 11) is 0. The molecular weight excluding hydrogens is 232 g/mol. The monoisotopic (exact) mass is 260 g/mol. The Morgan fingerprint density at radius 3 is 2.42 bits per heavy atom. The first-order chi connectivity index (χ1) is 9.42. The second kappa shape index (κ2) is 8.21. The number of anilines is 1. The summed E-state index contributed by atoms with van der Waals surface area (Å²) < 4.78 is 0. The minimum absolute atomic E-state index is 1.00. The van der Waals surface area contributed by atoms with E-state index in [4.69, 9.17) is 0 Å². The van der Waals surface area contributed by atoms with Crippen LogP contribution in [0.3, 0.4) is 0 Å². The van der Waals surface area contributed by atoms with Crippen LogP contribution >= 0.6 is 0 Å². The van der Waals surface area contributed by atoms with E-state index < -0.39 is 0 Å². The highest BCUT2D eigenvalue weighted by Gasteiger charge is 2.12. The van der Waals surface area contributed by atoms with Gasteiger partial charge in [-0.15, -0.1) is 0 Å². The zero-order valence-corrected chi connectivity index (χ0v) is 12.3. The maximum Gasteiger partial charge on any atom is 0.0411 e. The van der Waals surface area contributed by atoms with E-state index in [1.54, 1.807) is 0 Å². The van der Waals surface area contributed by atoms with Crippen molar-refractivity contribution in [3.63, 3.8) is 0 Å². The van der Waals surface area contributed by atoms with Gasteiger partial charge in [-0.1, -0.05) is 44.4 Å². The van der Waals surface area contributed by atoms with Crippen molar-refractivity contribution in [1.29, 1.82) is 0 Å². The molecule has 2 nitrogen and oxygen atoms in total. The van der Waals surface area contributed by atoms with Gasteiger partial charge in [0.2, 0.25) is 0 Å². The van der Waals surface area contributed by atoms with Crippen LogP contribution in [0.1, 0.15) is 51.0 Å². The van der Waals surface area contributed by atoms with Crippen molar-refractivity contribution in [2.75, 3.05) is 24.5 Å². The Kier molecular flexibility index (Phi) is 6.22. The summed E-state index contributed by atoms with van der Waals surface area (Å²) >= 11 is 0. The second-order valence-corrected chi connectivity index (χ2v) is 5.56. The first kappa shape index (κ1) is 14.4. The molecule has 19 heavy (non-hydrogen) atoms. The fraction of sp³-hybridized carbons (Fsp3) is 0.647. The fourth-order valence-corrected chi connectivity index (χ4v) is 2.86. The van der Waals surface area contributed by atoms with Crippen LogP contribution in [0.15, 0.2) is 24.3 Å². The smallest absolute Gasteiger partial charge is 0.0411 e. The Hall–Kier alpha value is -1.02. The second-order valence-electron chi connectivity index (χ2n) is 5.56. The lowest BCUT2D eigenvalue weighted by atomic mass is 10.1. The molecule has 2 heteroatoms. The predicted molar refractivity (Wildman–Crippen MR) is 83.7 cm³/mol. The van der Waals surface area contributed by atoms with Crippen LogP contribution in [0, 0.1) is 0 Å². The van der Waals surface area contributed by atoms with Crippen molar-refractivity contribution >= 4 is 5.69 Å². The normalized spacial score (nSPS) is 17.0. The molecule has 106 valence electrons. The minimum atomic E-state index is 1.00. The van der Waals surface area contributed by atoms with E-state index in [9.17, 15) is 0 Å². The van der Waals surface area contributed by atoms with Crippen molar-refractivity contribution in [3.8, 4) is 0 Å². The molecule has 1 saturated heterocycles. The summed E-state index contributed by atoms with van der Waals surface area (Å²) in [5, 5.41) is 3.53. The van der Waals surface area contributed by atoms with Crippen LogP contribution < -0.4 is 10.2 Å². The van der Waals surface area contributed by atoms with Crippen LogP contribution in [0.2, 0.25) is 0 Å². The predicted octanol–water partition coefficient (Wildman–Crippen LogP) is 3.96. The van der Waals surface area contributed by atoms with E-state index in [-0.39, 0.29) is 0 Å². The van der Waals surface area contributed by atoms with Crippen LogP contribution in [0.5, 0.6) is 0 Å². The summed E-state index contributed by atoms with van der Waals surface area (Å²) in [6.07, 6.45) is 8.10. The van der Waals surface area contributed by atoms with Crippen LogP contribution in [0.25, 0.3) is 0 Å². The van der Waals surface area contributed by atoms with Crippen molar-refractivity contribution in [3.05, 3.63) is 29.8 Å². The summed E-state index contributed by atoms with van der Waals surface area (Å²) in [6, 6.07) is 8.91. The third-order valence-electron chi connectivity index (χ3n) is 3.93. The maximum atomic E-state index is 3.53. The molecule has 1 aromatic carbocycles. The fourth-order valence-electron chi connectivity index (χ4n) is 2.86. The molecule has 1 aromatic rings. The lowest BCUT2D eigenvalue weighted by molar-refractivity contribution is 0.554. The highest BCUT2D eigenvalue weighted by molar-refractivity contribution is 5.53. The molecule has 1 aliphatic rings. The van der Waals surface area contributed by atoms with Gasteiger partial charge in [0.15, 0.2) is 0 Å². The summed E-state index contributed by atoms with van der Waals surface area (Å²) in [4.78, 5) is 2.60. The number of para-hydroxylation sites is 1. The summed E-state index contributed by atoms with van der Waals surface area (Å²) in [6.45, 7) is 6.78. The molecule has 1 fully saturated rings. The van der Waals surface area contributed by atoms with E-state index in [1.807, 2.05) is 0 Å². The lowest BCUT2D eigenvalue weighted by Gasteiger charge is -2.29. The van der Waals surface area contributed by atoms with Gasteiger partial charge in [-0.2, -0.15) is 0 Å².